The normalized spacial score (nSPS) is 10.9. The molecule has 1 N–H and O–H groups in total. The molecule has 0 saturated carbocycles. The van der Waals surface area contributed by atoms with E-state index >= 15 is 0 Å². The summed E-state index contributed by atoms with van der Waals surface area (Å²) in [6.07, 6.45) is 3.84. The molecule has 0 amide bonds. The van der Waals surface area contributed by atoms with Crippen LogP contribution in [0.3, 0.4) is 0 Å². The largest absolute Gasteiger partial charge is 0.379 e. The van der Waals surface area contributed by atoms with Gasteiger partial charge in [-0.15, -0.1) is 0 Å². The number of aromatic nitrogens is 2. The van der Waals surface area contributed by atoms with E-state index in [0.717, 1.165) is 30.2 Å². The molecule has 0 saturated heterocycles. The van der Waals surface area contributed by atoms with Gasteiger partial charge in [-0.3, -0.25) is 0 Å². The molecule has 2 aromatic heterocycles. The fraction of sp³-hybridized carbons (Fsp3) is 0.0714. The van der Waals surface area contributed by atoms with Crippen molar-refractivity contribution in [2.24, 2.45) is 0 Å². The maximum Gasteiger partial charge on any atom is 0.0711 e. The van der Waals surface area contributed by atoms with Gasteiger partial charge in [-0.25, -0.2) is 4.52 Å². The molecule has 1 aromatic carbocycles. The molecule has 2 heterocycles. The summed E-state index contributed by atoms with van der Waals surface area (Å²) < 4.78 is 4.92. The minimum absolute atomic E-state index is 0.715. The number of halogens is 3. The van der Waals surface area contributed by atoms with E-state index < -0.39 is 0 Å². The van der Waals surface area contributed by atoms with Gasteiger partial charge in [-0.05, 0) is 56.1 Å². The monoisotopic (exact) mass is 457 g/mol. The van der Waals surface area contributed by atoms with Crippen molar-refractivity contribution < 1.29 is 0 Å². The number of nitrogens with one attached hydrogen (secondary N) is 1. The van der Waals surface area contributed by atoms with Crippen molar-refractivity contribution in [2.75, 3.05) is 5.32 Å². The molecule has 20 heavy (non-hydrogen) atoms. The van der Waals surface area contributed by atoms with Crippen molar-refractivity contribution in [2.45, 2.75) is 6.54 Å². The molecule has 0 aliphatic heterocycles. The third kappa shape index (κ3) is 2.77. The molecule has 3 nitrogen and oxygen atoms in total. The quantitative estimate of drug-likeness (QED) is 0.580. The van der Waals surface area contributed by atoms with Crippen molar-refractivity contribution in [1.82, 2.24) is 9.61 Å². The van der Waals surface area contributed by atoms with Crippen molar-refractivity contribution >= 4 is 59.0 Å². The van der Waals surface area contributed by atoms with Gasteiger partial charge in [0.2, 0.25) is 0 Å². The molecule has 0 aliphatic rings. The molecule has 3 rings (SSSR count). The number of nitrogens with zero attached hydrogens (tertiary/aromatic N) is 2. The van der Waals surface area contributed by atoms with Gasteiger partial charge in [0.25, 0.3) is 0 Å². The van der Waals surface area contributed by atoms with E-state index in [1.165, 1.54) is 0 Å². The molecular formula is C14H10Br3N3. The topological polar surface area (TPSA) is 29.3 Å². The minimum Gasteiger partial charge on any atom is -0.379 e. The second-order valence-corrected chi connectivity index (χ2v) is 6.92. The van der Waals surface area contributed by atoms with Crippen LogP contribution in [-0.4, -0.2) is 9.61 Å². The number of pyridine rings is 1. The highest BCUT2D eigenvalue weighted by molar-refractivity contribution is 9.11. The van der Waals surface area contributed by atoms with Crippen LogP contribution in [0, 0.1) is 0 Å². The maximum absolute atomic E-state index is 4.34. The third-order valence-corrected chi connectivity index (χ3v) is 4.68. The Morgan fingerprint density at radius 3 is 2.60 bits per heavy atom. The van der Waals surface area contributed by atoms with Gasteiger partial charge in [0, 0.05) is 31.7 Å². The van der Waals surface area contributed by atoms with Crippen molar-refractivity contribution in [3.63, 3.8) is 0 Å². The zero-order valence-electron chi connectivity index (χ0n) is 10.3. The van der Waals surface area contributed by atoms with Crippen molar-refractivity contribution in [3.8, 4) is 0 Å². The molecule has 102 valence electrons. The molecule has 0 aliphatic carbocycles. The lowest BCUT2D eigenvalue weighted by atomic mass is 10.2. The molecule has 0 bridgehead atoms. The van der Waals surface area contributed by atoms with E-state index in [2.05, 4.69) is 64.3 Å². The number of fused-ring (bicyclic) bond motifs is 1. The molecule has 6 heteroatoms. The SMILES string of the molecule is Brc1cc(Br)c(NCc2cnn3ccccc23)c(Br)c1. The minimum atomic E-state index is 0.715. The first kappa shape index (κ1) is 14.1. The van der Waals surface area contributed by atoms with Crippen LogP contribution < -0.4 is 5.32 Å². The molecule has 0 radical (unpaired) electrons. The zero-order chi connectivity index (χ0) is 14.1. The standard InChI is InChI=1S/C14H10Br3N3/c15-10-5-11(16)14(12(17)6-10)18-7-9-8-19-20-4-2-1-3-13(9)20/h1-6,8,18H,7H2. The Hall–Kier alpha value is -0.850. The summed E-state index contributed by atoms with van der Waals surface area (Å²) >= 11 is 10.6. The van der Waals surface area contributed by atoms with Crippen LogP contribution in [-0.2, 0) is 6.54 Å². The van der Waals surface area contributed by atoms with E-state index in [-0.39, 0.29) is 0 Å². The summed E-state index contributed by atoms with van der Waals surface area (Å²) in [7, 11) is 0. The predicted octanol–water partition coefficient (Wildman–Crippen LogP) is 5.23. The van der Waals surface area contributed by atoms with Crippen LogP contribution in [0.15, 0.2) is 56.1 Å². The average molecular weight is 460 g/mol. The van der Waals surface area contributed by atoms with Gasteiger partial charge < -0.3 is 5.32 Å². The summed E-state index contributed by atoms with van der Waals surface area (Å²) in [5.41, 5.74) is 3.31. The number of hydrogen-bond donors (Lipinski definition) is 1. The predicted molar refractivity (Wildman–Crippen MR) is 92.1 cm³/mol. The molecule has 3 aromatic rings. The van der Waals surface area contributed by atoms with Crippen LogP contribution in [0.25, 0.3) is 5.52 Å². The highest BCUT2D eigenvalue weighted by Crippen LogP contribution is 2.34. The number of hydrogen-bond acceptors (Lipinski definition) is 2. The Kier molecular flexibility index (Phi) is 4.14. The number of benzene rings is 1. The third-order valence-electron chi connectivity index (χ3n) is 2.97. The van der Waals surface area contributed by atoms with Crippen molar-refractivity contribution in [3.05, 3.63) is 61.7 Å². The number of rotatable bonds is 3. The summed E-state index contributed by atoms with van der Waals surface area (Å²) in [6, 6.07) is 10.1. The maximum atomic E-state index is 4.34. The smallest absolute Gasteiger partial charge is 0.0711 e. The van der Waals surface area contributed by atoms with Crippen LogP contribution in [0.4, 0.5) is 5.69 Å². The fourth-order valence-corrected chi connectivity index (χ4v) is 4.56. The zero-order valence-corrected chi connectivity index (χ0v) is 15.0. The molecule has 0 spiro atoms. The Balaban J connectivity index is 1.87. The highest BCUT2D eigenvalue weighted by atomic mass is 79.9. The van der Waals surface area contributed by atoms with Gasteiger partial charge in [-0.2, -0.15) is 5.10 Å². The Morgan fingerprint density at radius 2 is 1.85 bits per heavy atom. The van der Waals surface area contributed by atoms with Crippen LogP contribution in [0.5, 0.6) is 0 Å². The highest BCUT2D eigenvalue weighted by Gasteiger charge is 2.08. The van der Waals surface area contributed by atoms with Gasteiger partial charge >= 0.3 is 0 Å². The summed E-state index contributed by atoms with van der Waals surface area (Å²) in [4.78, 5) is 0. The van der Waals surface area contributed by atoms with Crippen LogP contribution in [0.1, 0.15) is 5.56 Å². The average Bonchev–Trinajstić information content (AvgIpc) is 2.81. The van der Waals surface area contributed by atoms with E-state index in [0.29, 0.717) is 6.54 Å². The van der Waals surface area contributed by atoms with E-state index in [4.69, 9.17) is 0 Å². The van der Waals surface area contributed by atoms with E-state index in [1.54, 1.807) is 0 Å². The lowest BCUT2D eigenvalue weighted by molar-refractivity contribution is 0.961. The Bertz CT molecular complexity index is 744. The number of anilines is 1. The fourth-order valence-electron chi connectivity index (χ4n) is 2.02. The first-order chi connectivity index (χ1) is 9.65. The Labute approximate surface area is 141 Å². The second-order valence-electron chi connectivity index (χ2n) is 4.30. The lowest BCUT2D eigenvalue weighted by Gasteiger charge is -2.11. The first-order valence-corrected chi connectivity index (χ1v) is 8.33. The van der Waals surface area contributed by atoms with Crippen LogP contribution >= 0.6 is 47.8 Å². The molecule has 0 atom stereocenters. The summed E-state index contributed by atoms with van der Waals surface area (Å²) in [5.74, 6) is 0. The lowest BCUT2D eigenvalue weighted by Crippen LogP contribution is -2.00. The van der Waals surface area contributed by atoms with E-state index in [1.807, 2.05) is 41.2 Å². The van der Waals surface area contributed by atoms with Gasteiger partial charge in [0.15, 0.2) is 0 Å². The molecule has 0 fully saturated rings. The summed E-state index contributed by atoms with van der Waals surface area (Å²) in [5, 5.41) is 7.77. The molecule has 0 unspecified atom stereocenters. The first-order valence-electron chi connectivity index (χ1n) is 5.95. The van der Waals surface area contributed by atoms with Gasteiger partial charge in [0.05, 0.1) is 17.4 Å². The van der Waals surface area contributed by atoms with Crippen LogP contribution in [0.2, 0.25) is 0 Å². The summed E-state index contributed by atoms with van der Waals surface area (Å²) in [6.45, 7) is 0.715. The van der Waals surface area contributed by atoms with Gasteiger partial charge in [-0.1, -0.05) is 22.0 Å². The Morgan fingerprint density at radius 1 is 1.10 bits per heavy atom. The van der Waals surface area contributed by atoms with Gasteiger partial charge in [0.1, 0.15) is 0 Å². The van der Waals surface area contributed by atoms with E-state index in [9.17, 15) is 0 Å². The second kappa shape index (κ2) is 5.87. The van der Waals surface area contributed by atoms with Crippen molar-refractivity contribution in [1.29, 1.82) is 0 Å². The molecular weight excluding hydrogens is 450 g/mol.